The van der Waals surface area contributed by atoms with E-state index in [2.05, 4.69) is 45.2 Å². The fourth-order valence-corrected chi connectivity index (χ4v) is 3.57. The van der Waals surface area contributed by atoms with Crippen molar-refractivity contribution >= 4 is 51.0 Å². The third-order valence-electron chi connectivity index (χ3n) is 2.65. The quantitative estimate of drug-likeness (QED) is 0.448. The molecular formula is C15H12I2O2. The van der Waals surface area contributed by atoms with Crippen molar-refractivity contribution in [2.75, 3.05) is 0 Å². The van der Waals surface area contributed by atoms with Gasteiger partial charge in [-0.2, -0.15) is 0 Å². The molecule has 0 aliphatic heterocycles. The van der Waals surface area contributed by atoms with Gasteiger partial charge in [-0.25, -0.2) is 0 Å². The van der Waals surface area contributed by atoms with E-state index in [1.165, 1.54) is 5.56 Å². The van der Waals surface area contributed by atoms with Gasteiger partial charge in [0, 0.05) is 5.56 Å². The van der Waals surface area contributed by atoms with Gasteiger partial charge < -0.3 is 4.74 Å². The van der Waals surface area contributed by atoms with Gasteiger partial charge in [0.25, 0.3) is 0 Å². The van der Waals surface area contributed by atoms with Crippen LogP contribution in [-0.4, -0.2) is 5.78 Å². The van der Waals surface area contributed by atoms with E-state index in [0.29, 0.717) is 5.56 Å². The van der Waals surface area contributed by atoms with Crippen LogP contribution in [0, 0.1) is 14.1 Å². The van der Waals surface area contributed by atoms with Crippen LogP contribution in [0.1, 0.15) is 22.8 Å². The summed E-state index contributed by atoms with van der Waals surface area (Å²) in [4.78, 5) is 11.4. The van der Waals surface area contributed by atoms with Gasteiger partial charge in [-0.3, -0.25) is 4.79 Å². The Hall–Kier alpha value is -0.630. The van der Waals surface area contributed by atoms with Crippen LogP contribution in [0.15, 0.2) is 36.4 Å². The molecule has 0 saturated heterocycles. The van der Waals surface area contributed by atoms with Gasteiger partial charge in [0.1, 0.15) is 5.75 Å². The first kappa shape index (κ1) is 14.8. The summed E-state index contributed by atoms with van der Waals surface area (Å²) in [6.45, 7) is 3.61. The number of carbonyl (C=O) groups excluding carboxylic acids is 1. The number of halogens is 2. The summed E-state index contributed by atoms with van der Waals surface area (Å²) in [6, 6.07) is 11.6. The van der Waals surface area contributed by atoms with E-state index in [9.17, 15) is 4.79 Å². The van der Waals surface area contributed by atoms with E-state index < -0.39 is 0 Å². The molecule has 0 aliphatic carbocycles. The van der Waals surface area contributed by atoms with Gasteiger partial charge in [-0.05, 0) is 83.3 Å². The molecule has 4 heteroatoms. The van der Waals surface area contributed by atoms with Crippen LogP contribution in [0.3, 0.4) is 0 Å². The highest BCUT2D eigenvalue weighted by atomic mass is 127. The molecule has 0 aliphatic rings. The van der Waals surface area contributed by atoms with Crippen LogP contribution < -0.4 is 4.74 Å². The minimum absolute atomic E-state index is 0.0673. The maximum Gasteiger partial charge on any atom is 0.159 e. The van der Waals surface area contributed by atoms with Crippen LogP contribution in [0.5, 0.6) is 11.5 Å². The Morgan fingerprint density at radius 1 is 1.05 bits per heavy atom. The Balaban J connectivity index is 2.35. The maximum absolute atomic E-state index is 11.4. The molecule has 0 spiro atoms. The summed E-state index contributed by atoms with van der Waals surface area (Å²) in [5.74, 6) is 1.67. The first-order valence-corrected chi connectivity index (χ1v) is 7.87. The molecule has 2 aromatic rings. The molecule has 2 aromatic carbocycles. The van der Waals surface area contributed by atoms with Crippen molar-refractivity contribution in [2.24, 2.45) is 0 Å². The predicted molar refractivity (Wildman–Crippen MR) is 93.1 cm³/mol. The fourth-order valence-electron chi connectivity index (χ4n) is 1.58. The third kappa shape index (κ3) is 3.68. The largest absolute Gasteiger partial charge is 0.455 e. The Bertz CT molecular complexity index is 596. The molecule has 0 fully saturated rings. The standard InChI is InChI=1S/C15H12I2O2/c1-9-3-5-12(6-4-9)19-15-13(16)7-11(10(2)18)8-14(15)17/h3-8H,1-2H3. The molecule has 0 aromatic heterocycles. The smallest absolute Gasteiger partial charge is 0.159 e. The normalized spacial score (nSPS) is 10.3. The average Bonchev–Trinajstić information content (AvgIpc) is 2.35. The lowest BCUT2D eigenvalue weighted by molar-refractivity contribution is 0.101. The molecule has 19 heavy (non-hydrogen) atoms. The first-order valence-electron chi connectivity index (χ1n) is 5.72. The molecule has 0 heterocycles. The van der Waals surface area contributed by atoms with E-state index in [0.717, 1.165) is 18.6 Å². The third-order valence-corrected chi connectivity index (χ3v) is 4.25. The van der Waals surface area contributed by atoms with E-state index in [4.69, 9.17) is 4.74 Å². The van der Waals surface area contributed by atoms with E-state index >= 15 is 0 Å². The zero-order valence-electron chi connectivity index (χ0n) is 10.5. The maximum atomic E-state index is 11.4. The minimum atomic E-state index is 0.0673. The van der Waals surface area contributed by atoms with E-state index in [1.54, 1.807) is 6.92 Å². The SMILES string of the molecule is CC(=O)c1cc(I)c(Oc2ccc(C)cc2)c(I)c1. The molecule has 0 amide bonds. The summed E-state index contributed by atoms with van der Waals surface area (Å²) in [7, 11) is 0. The molecule has 0 N–H and O–H groups in total. The second-order valence-corrected chi connectivity index (χ2v) is 6.56. The molecule has 0 bridgehead atoms. The zero-order chi connectivity index (χ0) is 14.0. The van der Waals surface area contributed by atoms with Gasteiger partial charge in [0.2, 0.25) is 0 Å². The van der Waals surface area contributed by atoms with Gasteiger partial charge in [-0.15, -0.1) is 0 Å². The van der Waals surface area contributed by atoms with Crippen molar-refractivity contribution in [1.82, 2.24) is 0 Å². The molecule has 0 unspecified atom stereocenters. The number of Topliss-reactive ketones (excluding diaryl/α,β-unsaturated/α-hetero) is 1. The monoisotopic (exact) mass is 478 g/mol. The average molecular weight is 478 g/mol. The summed E-state index contributed by atoms with van der Waals surface area (Å²) in [5, 5.41) is 0. The molecule has 0 radical (unpaired) electrons. The van der Waals surface area contributed by atoms with E-state index in [1.807, 2.05) is 43.3 Å². The number of benzene rings is 2. The lowest BCUT2D eigenvalue weighted by Gasteiger charge is -2.11. The highest BCUT2D eigenvalue weighted by Gasteiger charge is 2.12. The van der Waals surface area contributed by atoms with Gasteiger partial charge in [-0.1, -0.05) is 17.7 Å². The molecule has 0 saturated carbocycles. The lowest BCUT2D eigenvalue weighted by Crippen LogP contribution is -1.97. The minimum Gasteiger partial charge on any atom is -0.455 e. The number of hydrogen-bond acceptors (Lipinski definition) is 2. The summed E-state index contributed by atoms with van der Waals surface area (Å²) in [6.07, 6.45) is 0. The molecule has 98 valence electrons. The second kappa shape index (κ2) is 6.21. The number of rotatable bonds is 3. The molecule has 2 rings (SSSR count). The van der Waals surface area contributed by atoms with Crippen LogP contribution in [0.25, 0.3) is 0 Å². The van der Waals surface area contributed by atoms with Crippen molar-refractivity contribution < 1.29 is 9.53 Å². The number of carbonyl (C=O) groups is 1. The molecule has 2 nitrogen and oxygen atoms in total. The van der Waals surface area contributed by atoms with Crippen molar-refractivity contribution in [1.29, 1.82) is 0 Å². The Labute approximate surface area is 139 Å². The summed E-state index contributed by atoms with van der Waals surface area (Å²) < 4.78 is 7.78. The summed E-state index contributed by atoms with van der Waals surface area (Å²) in [5.41, 5.74) is 1.91. The Morgan fingerprint density at radius 2 is 1.58 bits per heavy atom. The van der Waals surface area contributed by atoms with Gasteiger partial charge in [0.05, 0.1) is 7.14 Å². The van der Waals surface area contributed by atoms with Crippen molar-refractivity contribution in [3.05, 3.63) is 54.7 Å². The molecular weight excluding hydrogens is 466 g/mol. The predicted octanol–water partition coefficient (Wildman–Crippen LogP) is 5.20. The van der Waals surface area contributed by atoms with Crippen LogP contribution in [-0.2, 0) is 0 Å². The lowest BCUT2D eigenvalue weighted by atomic mass is 10.1. The van der Waals surface area contributed by atoms with Crippen molar-refractivity contribution in [3.8, 4) is 11.5 Å². The second-order valence-electron chi connectivity index (χ2n) is 4.24. The topological polar surface area (TPSA) is 26.3 Å². The van der Waals surface area contributed by atoms with Crippen molar-refractivity contribution in [2.45, 2.75) is 13.8 Å². The fraction of sp³-hybridized carbons (Fsp3) is 0.133. The zero-order valence-corrected chi connectivity index (χ0v) is 14.9. The Morgan fingerprint density at radius 3 is 2.05 bits per heavy atom. The number of hydrogen-bond donors (Lipinski definition) is 0. The number of aryl methyl sites for hydroxylation is 1. The van der Waals surface area contributed by atoms with Crippen molar-refractivity contribution in [3.63, 3.8) is 0 Å². The van der Waals surface area contributed by atoms with Gasteiger partial charge in [0.15, 0.2) is 11.5 Å². The highest BCUT2D eigenvalue weighted by Crippen LogP contribution is 2.33. The van der Waals surface area contributed by atoms with Crippen LogP contribution >= 0.6 is 45.2 Å². The molecule has 0 atom stereocenters. The van der Waals surface area contributed by atoms with Gasteiger partial charge >= 0.3 is 0 Å². The Kier molecular flexibility index (Phi) is 4.83. The van der Waals surface area contributed by atoms with E-state index in [-0.39, 0.29) is 5.78 Å². The summed E-state index contributed by atoms with van der Waals surface area (Å²) >= 11 is 4.39. The number of ketones is 1. The highest BCUT2D eigenvalue weighted by molar-refractivity contribution is 14.1. The van der Waals surface area contributed by atoms with Crippen LogP contribution in [0.4, 0.5) is 0 Å². The van der Waals surface area contributed by atoms with Crippen LogP contribution in [0.2, 0.25) is 0 Å². The first-order chi connectivity index (χ1) is 8.97. The number of ether oxygens (including phenoxy) is 1.